The van der Waals surface area contributed by atoms with Crippen LogP contribution in [0.25, 0.3) is 33.6 Å². The molecule has 0 saturated heterocycles. The van der Waals surface area contributed by atoms with Crippen LogP contribution in [0.4, 0.5) is 11.4 Å². The maximum atomic E-state index is 11.3. The van der Waals surface area contributed by atoms with Crippen molar-refractivity contribution < 1.29 is 14.6 Å². The number of pyridine rings is 1. The zero-order chi connectivity index (χ0) is 34.8. The van der Waals surface area contributed by atoms with Crippen molar-refractivity contribution in [1.29, 1.82) is 0 Å². The Morgan fingerprint density at radius 2 is 1.04 bits per heavy atom. The normalized spacial score (nSPS) is 11.7. The first-order chi connectivity index (χ1) is 23.9. The third-order valence-corrected chi connectivity index (χ3v) is 9.15. The van der Waals surface area contributed by atoms with Crippen LogP contribution >= 0.6 is 0 Å². The average molecular weight is 666 g/mol. The molecule has 4 rings (SSSR count). The predicted molar refractivity (Wildman–Crippen MR) is 199 cm³/mol. The SMILES string of the molecule is CCCCCCCCCCCCCCCC(CC)Oc1ccccc1-c1cc(-c2ccc([N+](=O)[O-])cc2)nc(-c2ccc([N+](=O)[O-])cc2)c1. The van der Waals surface area contributed by atoms with Gasteiger partial charge in [-0.1, -0.05) is 109 Å². The molecular formula is C41H51N3O5. The number of nitro benzene ring substituents is 2. The fourth-order valence-electron chi connectivity index (χ4n) is 6.21. The van der Waals surface area contributed by atoms with E-state index in [9.17, 15) is 20.2 Å². The van der Waals surface area contributed by atoms with E-state index in [-0.39, 0.29) is 17.5 Å². The molecule has 1 unspecified atom stereocenters. The van der Waals surface area contributed by atoms with Crippen LogP contribution in [0, 0.1) is 20.2 Å². The van der Waals surface area contributed by atoms with Crippen LogP contribution in [0.3, 0.4) is 0 Å². The minimum Gasteiger partial charge on any atom is -0.490 e. The Labute approximate surface area is 291 Å². The van der Waals surface area contributed by atoms with Gasteiger partial charge in [-0.3, -0.25) is 20.2 Å². The summed E-state index contributed by atoms with van der Waals surface area (Å²) in [6.45, 7) is 4.44. The van der Waals surface area contributed by atoms with Crippen LogP contribution < -0.4 is 4.74 Å². The molecule has 1 aromatic heterocycles. The van der Waals surface area contributed by atoms with E-state index in [0.717, 1.165) is 47.3 Å². The second-order valence-corrected chi connectivity index (χ2v) is 12.9. The molecule has 1 heterocycles. The van der Waals surface area contributed by atoms with Crippen molar-refractivity contribution >= 4 is 11.4 Å². The van der Waals surface area contributed by atoms with Crippen LogP contribution in [0.15, 0.2) is 84.9 Å². The molecule has 0 spiro atoms. The minimum absolute atomic E-state index is 0.00310. The molecule has 49 heavy (non-hydrogen) atoms. The Balaban J connectivity index is 1.43. The lowest BCUT2D eigenvalue weighted by Crippen LogP contribution is -2.15. The molecule has 0 saturated carbocycles. The summed E-state index contributed by atoms with van der Waals surface area (Å²) >= 11 is 0. The molecule has 0 aliphatic carbocycles. The average Bonchev–Trinajstić information content (AvgIpc) is 3.13. The maximum absolute atomic E-state index is 11.3. The molecule has 4 aromatic rings. The standard InChI is InChI=1S/C41H51N3O5/c1-3-5-6-7-8-9-10-11-12-13-14-15-16-19-37(4-2)49-41-21-18-17-20-38(41)34-30-39(32-22-26-35(27-23-32)43(45)46)42-40(31-34)33-24-28-36(29-25-33)44(47)48/h17-18,20-31,37H,3-16,19H2,1-2H3. The molecule has 0 amide bonds. The van der Waals surface area contributed by atoms with Gasteiger partial charge in [0.2, 0.25) is 0 Å². The first-order valence-electron chi connectivity index (χ1n) is 18.2. The van der Waals surface area contributed by atoms with Crippen molar-refractivity contribution in [3.8, 4) is 39.4 Å². The van der Waals surface area contributed by atoms with Crippen LogP contribution in [0.2, 0.25) is 0 Å². The molecule has 0 bridgehead atoms. The second-order valence-electron chi connectivity index (χ2n) is 12.9. The molecule has 0 aliphatic heterocycles. The number of aromatic nitrogens is 1. The highest BCUT2D eigenvalue weighted by Crippen LogP contribution is 2.36. The van der Waals surface area contributed by atoms with E-state index in [1.54, 1.807) is 24.3 Å². The number of unbranched alkanes of at least 4 members (excludes halogenated alkanes) is 12. The first-order valence-corrected chi connectivity index (χ1v) is 18.2. The van der Waals surface area contributed by atoms with Gasteiger partial charge in [-0.2, -0.15) is 0 Å². The van der Waals surface area contributed by atoms with Crippen molar-refractivity contribution in [3.63, 3.8) is 0 Å². The van der Waals surface area contributed by atoms with E-state index in [4.69, 9.17) is 9.72 Å². The fourth-order valence-corrected chi connectivity index (χ4v) is 6.21. The van der Waals surface area contributed by atoms with Gasteiger partial charge in [0.15, 0.2) is 0 Å². The summed E-state index contributed by atoms with van der Waals surface area (Å²) in [6, 6.07) is 24.5. The largest absolute Gasteiger partial charge is 0.490 e. The van der Waals surface area contributed by atoms with Crippen molar-refractivity contribution in [2.75, 3.05) is 0 Å². The molecule has 0 radical (unpaired) electrons. The zero-order valence-corrected chi connectivity index (χ0v) is 29.1. The summed E-state index contributed by atoms with van der Waals surface area (Å²) in [6.07, 6.45) is 19.3. The zero-order valence-electron chi connectivity index (χ0n) is 29.1. The van der Waals surface area contributed by atoms with Gasteiger partial charge < -0.3 is 4.74 Å². The Bertz CT molecular complexity index is 1530. The lowest BCUT2D eigenvalue weighted by molar-refractivity contribution is -0.385. The quantitative estimate of drug-likeness (QED) is 0.0469. The summed E-state index contributed by atoms with van der Waals surface area (Å²) in [5.74, 6) is 0.791. The van der Waals surface area contributed by atoms with Crippen LogP contribution in [-0.2, 0) is 0 Å². The Morgan fingerprint density at radius 3 is 1.49 bits per heavy atom. The molecular weight excluding hydrogens is 614 g/mol. The lowest BCUT2D eigenvalue weighted by Gasteiger charge is -2.20. The molecule has 0 aliphatic rings. The predicted octanol–water partition coefficient (Wildman–Crippen LogP) is 12.5. The number of nitrogens with zero attached hydrogens (tertiary/aromatic N) is 3. The van der Waals surface area contributed by atoms with Gasteiger partial charge in [-0.05, 0) is 67.3 Å². The number of ether oxygens (including phenoxy) is 1. The number of hydrogen-bond donors (Lipinski definition) is 0. The molecule has 3 aromatic carbocycles. The van der Waals surface area contributed by atoms with Crippen LogP contribution in [0.1, 0.15) is 110 Å². The minimum atomic E-state index is -0.425. The Kier molecular flexibility index (Phi) is 15.2. The van der Waals surface area contributed by atoms with Crippen LogP contribution in [0.5, 0.6) is 5.75 Å². The van der Waals surface area contributed by atoms with E-state index in [2.05, 4.69) is 13.8 Å². The first kappa shape index (κ1) is 37.2. The molecule has 1 atom stereocenters. The summed E-state index contributed by atoms with van der Waals surface area (Å²) in [5.41, 5.74) is 4.52. The molecule has 0 fully saturated rings. The van der Waals surface area contributed by atoms with Gasteiger partial charge in [-0.25, -0.2) is 4.98 Å². The summed E-state index contributed by atoms with van der Waals surface area (Å²) in [5, 5.41) is 22.5. The number of rotatable bonds is 22. The topological polar surface area (TPSA) is 108 Å². The number of benzene rings is 3. The Hall–Kier alpha value is -4.59. The highest BCUT2D eigenvalue weighted by atomic mass is 16.6. The van der Waals surface area contributed by atoms with Gasteiger partial charge in [0, 0.05) is 41.0 Å². The molecule has 0 N–H and O–H groups in total. The number of para-hydroxylation sites is 1. The van der Waals surface area contributed by atoms with Crippen molar-refractivity contribution in [1.82, 2.24) is 4.98 Å². The number of non-ortho nitro benzene ring substituents is 2. The number of hydrogen-bond acceptors (Lipinski definition) is 6. The summed E-state index contributed by atoms with van der Waals surface area (Å²) in [7, 11) is 0. The highest BCUT2D eigenvalue weighted by molar-refractivity contribution is 5.79. The van der Waals surface area contributed by atoms with Crippen LogP contribution in [-0.4, -0.2) is 20.9 Å². The maximum Gasteiger partial charge on any atom is 0.269 e. The monoisotopic (exact) mass is 665 g/mol. The van der Waals surface area contributed by atoms with Crippen molar-refractivity contribution in [3.05, 3.63) is 105 Å². The van der Waals surface area contributed by atoms with E-state index in [1.165, 1.54) is 101 Å². The van der Waals surface area contributed by atoms with E-state index in [0.29, 0.717) is 11.4 Å². The highest BCUT2D eigenvalue weighted by Gasteiger charge is 2.16. The third-order valence-electron chi connectivity index (χ3n) is 9.15. The smallest absolute Gasteiger partial charge is 0.269 e. The van der Waals surface area contributed by atoms with E-state index < -0.39 is 9.85 Å². The summed E-state index contributed by atoms with van der Waals surface area (Å²) < 4.78 is 6.66. The Morgan fingerprint density at radius 1 is 0.592 bits per heavy atom. The van der Waals surface area contributed by atoms with Crippen molar-refractivity contribution in [2.45, 2.75) is 116 Å². The summed E-state index contributed by atoms with van der Waals surface area (Å²) in [4.78, 5) is 26.6. The van der Waals surface area contributed by atoms with E-state index >= 15 is 0 Å². The van der Waals surface area contributed by atoms with Gasteiger partial charge in [-0.15, -0.1) is 0 Å². The van der Waals surface area contributed by atoms with Gasteiger partial charge >= 0.3 is 0 Å². The van der Waals surface area contributed by atoms with Crippen molar-refractivity contribution in [2.24, 2.45) is 0 Å². The number of nitro groups is 2. The van der Waals surface area contributed by atoms with Gasteiger partial charge in [0.25, 0.3) is 11.4 Å². The van der Waals surface area contributed by atoms with Gasteiger partial charge in [0.1, 0.15) is 5.75 Å². The molecule has 8 heteroatoms. The van der Waals surface area contributed by atoms with E-state index in [1.807, 2.05) is 36.4 Å². The fraction of sp³-hybridized carbons (Fsp3) is 0.439. The molecule has 8 nitrogen and oxygen atoms in total. The second kappa shape index (κ2) is 20.0. The lowest BCUT2D eigenvalue weighted by atomic mass is 9.99. The van der Waals surface area contributed by atoms with Gasteiger partial charge in [0.05, 0.1) is 27.3 Å². The molecule has 260 valence electrons. The third kappa shape index (κ3) is 11.8.